The van der Waals surface area contributed by atoms with E-state index in [0.29, 0.717) is 11.4 Å². The van der Waals surface area contributed by atoms with E-state index in [2.05, 4.69) is 5.32 Å². The fraction of sp³-hybridized carbons (Fsp3) is 0.375. The van der Waals surface area contributed by atoms with Crippen LogP contribution >= 0.6 is 0 Å². The predicted molar refractivity (Wildman–Crippen MR) is 113 cm³/mol. The van der Waals surface area contributed by atoms with Crippen LogP contribution in [0, 0.1) is 17.7 Å². The van der Waals surface area contributed by atoms with Gasteiger partial charge in [-0.2, -0.15) is 0 Å². The number of imide groups is 1. The average molecular weight is 424 g/mol. The summed E-state index contributed by atoms with van der Waals surface area (Å²) >= 11 is 0. The largest absolute Gasteiger partial charge is 0.489 e. The lowest BCUT2D eigenvalue weighted by Crippen LogP contribution is -2.34. The number of halogens is 1. The van der Waals surface area contributed by atoms with Crippen LogP contribution in [0.1, 0.15) is 37.7 Å². The average Bonchev–Trinajstić information content (AvgIpc) is 3.02. The van der Waals surface area contributed by atoms with Gasteiger partial charge in [0.1, 0.15) is 18.2 Å². The van der Waals surface area contributed by atoms with Crippen molar-refractivity contribution in [3.63, 3.8) is 0 Å². The zero-order valence-corrected chi connectivity index (χ0v) is 17.2. The van der Waals surface area contributed by atoms with E-state index in [1.54, 1.807) is 36.4 Å². The van der Waals surface area contributed by atoms with Gasteiger partial charge < -0.3 is 10.1 Å². The third-order valence-electron chi connectivity index (χ3n) is 5.93. The molecule has 2 aromatic carbocycles. The maximum absolute atomic E-state index is 13.0. The summed E-state index contributed by atoms with van der Waals surface area (Å²) < 4.78 is 18.7. The Morgan fingerprint density at radius 1 is 1.03 bits per heavy atom. The van der Waals surface area contributed by atoms with Crippen molar-refractivity contribution in [2.75, 3.05) is 11.9 Å². The molecule has 0 bridgehead atoms. The first kappa shape index (κ1) is 21.0. The Labute approximate surface area is 180 Å². The van der Waals surface area contributed by atoms with E-state index in [0.717, 1.165) is 31.2 Å². The fourth-order valence-corrected chi connectivity index (χ4v) is 4.30. The van der Waals surface area contributed by atoms with E-state index < -0.39 is 0 Å². The van der Waals surface area contributed by atoms with Gasteiger partial charge in [-0.25, -0.2) is 4.39 Å². The van der Waals surface area contributed by atoms with Crippen LogP contribution < -0.4 is 10.1 Å². The van der Waals surface area contributed by atoms with Crippen molar-refractivity contribution in [3.05, 3.63) is 59.9 Å². The van der Waals surface area contributed by atoms with Gasteiger partial charge in [0.25, 0.3) is 0 Å². The number of likely N-dealkylation sites (tertiary alicyclic amines) is 1. The zero-order chi connectivity index (χ0) is 21.8. The highest BCUT2D eigenvalue weighted by molar-refractivity contribution is 6.05. The Bertz CT molecular complexity index is 952. The molecule has 2 fully saturated rings. The maximum atomic E-state index is 13.0. The van der Waals surface area contributed by atoms with E-state index in [9.17, 15) is 18.8 Å². The second-order valence-electron chi connectivity index (χ2n) is 8.07. The molecule has 2 aliphatic rings. The Hall–Kier alpha value is -3.22. The molecule has 162 valence electrons. The van der Waals surface area contributed by atoms with Crippen LogP contribution in [-0.2, 0) is 21.0 Å². The molecule has 1 saturated carbocycles. The van der Waals surface area contributed by atoms with Gasteiger partial charge in [0.05, 0.1) is 11.8 Å². The first-order valence-electron chi connectivity index (χ1n) is 10.6. The third kappa shape index (κ3) is 4.93. The first-order valence-corrected chi connectivity index (χ1v) is 10.6. The molecule has 1 aliphatic carbocycles. The molecule has 31 heavy (non-hydrogen) atoms. The van der Waals surface area contributed by atoms with Crippen LogP contribution in [0.5, 0.6) is 5.75 Å². The van der Waals surface area contributed by atoms with Crippen molar-refractivity contribution in [1.29, 1.82) is 0 Å². The zero-order valence-electron chi connectivity index (χ0n) is 17.2. The minimum Gasteiger partial charge on any atom is -0.489 e. The molecule has 1 aliphatic heterocycles. The summed E-state index contributed by atoms with van der Waals surface area (Å²) in [6.07, 6.45) is 3.55. The smallest absolute Gasteiger partial charge is 0.233 e. The van der Waals surface area contributed by atoms with Crippen molar-refractivity contribution in [1.82, 2.24) is 4.90 Å². The number of fused-ring (bicyclic) bond motifs is 1. The molecule has 0 spiro atoms. The lowest BCUT2D eigenvalue weighted by molar-refractivity contribution is -0.140. The maximum Gasteiger partial charge on any atom is 0.233 e. The topological polar surface area (TPSA) is 75.7 Å². The van der Waals surface area contributed by atoms with Gasteiger partial charge in [-0.3, -0.25) is 19.3 Å². The lowest BCUT2D eigenvalue weighted by atomic mass is 9.81. The second kappa shape index (κ2) is 9.29. The van der Waals surface area contributed by atoms with Gasteiger partial charge in [-0.1, -0.05) is 31.0 Å². The summed E-state index contributed by atoms with van der Waals surface area (Å²) in [4.78, 5) is 38.7. The Kier molecular flexibility index (Phi) is 6.30. The molecule has 1 saturated heterocycles. The first-order chi connectivity index (χ1) is 15.0. The van der Waals surface area contributed by atoms with Crippen molar-refractivity contribution < 1.29 is 23.5 Å². The summed E-state index contributed by atoms with van der Waals surface area (Å²) in [6.45, 7) is 0.385. The molecular weight excluding hydrogens is 399 g/mol. The van der Waals surface area contributed by atoms with Crippen molar-refractivity contribution in [2.24, 2.45) is 11.8 Å². The van der Waals surface area contributed by atoms with E-state index in [4.69, 9.17) is 4.74 Å². The van der Waals surface area contributed by atoms with E-state index >= 15 is 0 Å². The van der Waals surface area contributed by atoms with Crippen LogP contribution in [0.4, 0.5) is 10.1 Å². The quantitative estimate of drug-likeness (QED) is 0.684. The van der Waals surface area contributed by atoms with Gasteiger partial charge >= 0.3 is 0 Å². The van der Waals surface area contributed by atoms with Crippen LogP contribution in [0.15, 0.2) is 48.5 Å². The molecular formula is C24H25FN2O4. The van der Waals surface area contributed by atoms with Gasteiger partial charge in [0.15, 0.2) is 0 Å². The highest BCUT2D eigenvalue weighted by atomic mass is 19.1. The number of nitrogens with one attached hydrogen (secondary N) is 1. The summed E-state index contributed by atoms with van der Waals surface area (Å²) in [7, 11) is 0. The van der Waals surface area contributed by atoms with Crippen LogP contribution in [0.25, 0.3) is 0 Å². The number of nitrogens with zero attached hydrogens (tertiary/aromatic N) is 1. The normalized spacial score (nSPS) is 20.5. The summed E-state index contributed by atoms with van der Waals surface area (Å²) in [5.41, 5.74) is 1.39. The van der Waals surface area contributed by atoms with Crippen LogP contribution in [0.2, 0.25) is 0 Å². The number of benzene rings is 2. The molecule has 1 N–H and O–H groups in total. The molecule has 2 atom stereocenters. The molecule has 4 rings (SSSR count). The highest BCUT2D eigenvalue weighted by Crippen LogP contribution is 2.38. The van der Waals surface area contributed by atoms with Crippen molar-refractivity contribution in [3.8, 4) is 5.75 Å². The van der Waals surface area contributed by atoms with Crippen LogP contribution in [-0.4, -0.2) is 29.2 Å². The Morgan fingerprint density at radius 2 is 1.71 bits per heavy atom. The molecule has 7 heteroatoms. The number of ether oxygens (including phenoxy) is 1. The van der Waals surface area contributed by atoms with Gasteiger partial charge in [-0.15, -0.1) is 0 Å². The molecule has 0 aromatic heterocycles. The van der Waals surface area contributed by atoms with Gasteiger partial charge in [0, 0.05) is 24.7 Å². The second-order valence-corrected chi connectivity index (χ2v) is 8.07. The summed E-state index contributed by atoms with van der Waals surface area (Å²) in [5.74, 6) is -0.650. The molecule has 3 amide bonds. The fourth-order valence-electron chi connectivity index (χ4n) is 4.30. The lowest BCUT2D eigenvalue weighted by Gasteiger charge is -2.19. The number of anilines is 1. The molecule has 2 unspecified atom stereocenters. The number of amides is 3. The van der Waals surface area contributed by atoms with E-state index in [1.165, 1.54) is 17.0 Å². The minimum absolute atomic E-state index is 0.0532. The third-order valence-corrected chi connectivity index (χ3v) is 5.93. The van der Waals surface area contributed by atoms with Gasteiger partial charge in [0.2, 0.25) is 17.7 Å². The Balaban J connectivity index is 1.28. The van der Waals surface area contributed by atoms with Crippen molar-refractivity contribution in [2.45, 2.75) is 38.7 Å². The van der Waals surface area contributed by atoms with E-state index in [-0.39, 0.29) is 54.9 Å². The minimum atomic E-state index is -0.301. The Morgan fingerprint density at radius 3 is 2.39 bits per heavy atom. The number of hydrogen-bond donors (Lipinski definition) is 1. The number of carbonyl (C=O) groups excluding carboxylic acids is 3. The number of carbonyl (C=O) groups is 3. The molecule has 1 heterocycles. The monoisotopic (exact) mass is 424 g/mol. The summed E-state index contributed by atoms with van der Waals surface area (Å²) in [6, 6.07) is 13.0. The number of rotatable bonds is 7. The van der Waals surface area contributed by atoms with Gasteiger partial charge in [-0.05, 0) is 42.7 Å². The summed E-state index contributed by atoms with van der Waals surface area (Å²) in [5, 5.41) is 2.79. The van der Waals surface area contributed by atoms with E-state index in [1.807, 2.05) is 0 Å². The highest BCUT2D eigenvalue weighted by Gasteiger charge is 2.47. The van der Waals surface area contributed by atoms with Crippen molar-refractivity contribution >= 4 is 23.4 Å². The molecule has 0 radical (unpaired) electrons. The molecule has 2 aromatic rings. The van der Waals surface area contributed by atoms with Crippen LogP contribution in [0.3, 0.4) is 0 Å². The predicted octanol–water partition coefficient (Wildman–Crippen LogP) is 3.91. The number of hydrogen-bond acceptors (Lipinski definition) is 4. The standard InChI is InChI=1S/C24H25FN2O4/c25-17-10-8-16(9-11-17)15-31-19-5-3-4-18(14-19)26-22(28)12-13-27-23(29)20-6-1-2-7-21(20)24(27)30/h3-5,8-11,14,20-21H,1-2,6-7,12-13,15H2,(H,26,28). The molecule has 6 nitrogen and oxygen atoms in total. The SMILES string of the molecule is O=C(CCN1C(=O)C2CCCCC2C1=O)Nc1cccc(OCc2ccc(F)cc2)c1.